The van der Waals surface area contributed by atoms with Gasteiger partial charge in [0.25, 0.3) is 5.91 Å². The molecule has 1 aliphatic heterocycles. The summed E-state index contributed by atoms with van der Waals surface area (Å²) in [6, 6.07) is 9.15. The first-order chi connectivity index (χ1) is 16.8. The largest absolute Gasteiger partial charge is 0.336 e. The summed E-state index contributed by atoms with van der Waals surface area (Å²) >= 11 is 0. The van der Waals surface area contributed by atoms with Crippen LogP contribution in [0.25, 0.3) is 32.8 Å². The average Bonchev–Trinajstić information content (AvgIpc) is 3.34. The quantitative estimate of drug-likeness (QED) is 0.452. The van der Waals surface area contributed by atoms with Gasteiger partial charge in [-0.1, -0.05) is 12.1 Å². The van der Waals surface area contributed by atoms with Crippen molar-refractivity contribution in [2.24, 2.45) is 12.8 Å². The zero-order chi connectivity index (χ0) is 24.9. The number of likely N-dealkylation sites (tertiary alicyclic amines) is 1. The Bertz CT molecular complexity index is 1510. The number of halogens is 2. The SMILES string of the molecule is [C-]#[N+]c1ccc(-c2nc(C(=O)N3CCC[C@@H](N)C3)c(C)n2-c2ccc3nn(C)c(F)c3c2)cc1F. The van der Waals surface area contributed by atoms with Gasteiger partial charge in [0.05, 0.1) is 23.2 Å². The van der Waals surface area contributed by atoms with E-state index in [4.69, 9.17) is 12.3 Å². The highest BCUT2D eigenvalue weighted by Gasteiger charge is 2.28. The summed E-state index contributed by atoms with van der Waals surface area (Å²) < 4.78 is 32.0. The molecule has 0 radical (unpaired) electrons. The molecule has 0 spiro atoms. The number of aryl methyl sites for hydroxylation is 1. The number of nitrogens with two attached hydrogens (primary N) is 1. The molecule has 2 aromatic carbocycles. The molecule has 0 bridgehead atoms. The molecule has 0 saturated carbocycles. The van der Waals surface area contributed by atoms with Crippen molar-refractivity contribution < 1.29 is 13.6 Å². The minimum atomic E-state index is -0.687. The van der Waals surface area contributed by atoms with Crippen molar-refractivity contribution >= 4 is 22.5 Å². The first kappa shape index (κ1) is 22.7. The molecule has 1 amide bonds. The second-order valence-electron chi connectivity index (χ2n) is 8.75. The molecule has 10 heteroatoms. The van der Waals surface area contributed by atoms with Crippen LogP contribution in [0, 0.1) is 25.3 Å². The molecule has 35 heavy (non-hydrogen) atoms. The third-order valence-corrected chi connectivity index (χ3v) is 6.38. The third-order valence-electron chi connectivity index (χ3n) is 6.38. The second-order valence-corrected chi connectivity index (χ2v) is 8.75. The summed E-state index contributed by atoms with van der Waals surface area (Å²) in [5.74, 6) is -1.13. The summed E-state index contributed by atoms with van der Waals surface area (Å²) in [7, 11) is 1.52. The van der Waals surface area contributed by atoms with Crippen LogP contribution in [0.5, 0.6) is 0 Å². The molecule has 5 rings (SSSR count). The van der Waals surface area contributed by atoms with Crippen LogP contribution in [0.4, 0.5) is 14.5 Å². The Kier molecular flexibility index (Phi) is 5.57. The van der Waals surface area contributed by atoms with E-state index in [9.17, 15) is 13.6 Å². The van der Waals surface area contributed by atoms with Crippen molar-refractivity contribution in [1.82, 2.24) is 24.2 Å². The lowest BCUT2D eigenvalue weighted by Crippen LogP contribution is -2.46. The number of fused-ring (bicyclic) bond motifs is 1. The number of hydrogen-bond acceptors (Lipinski definition) is 4. The van der Waals surface area contributed by atoms with Crippen LogP contribution in [0.3, 0.4) is 0 Å². The predicted molar refractivity (Wildman–Crippen MR) is 127 cm³/mol. The molecule has 8 nitrogen and oxygen atoms in total. The number of aromatic nitrogens is 4. The minimum absolute atomic E-state index is 0.0965. The number of benzene rings is 2. The van der Waals surface area contributed by atoms with Gasteiger partial charge in [-0.15, -0.1) is 0 Å². The maximum Gasteiger partial charge on any atom is 0.274 e. The molecule has 1 saturated heterocycles. The number of imidazole rings is 1. The van der Waals surface area contributed by atoms with Gasteiger partial charge in [0.15, 0.2) is 0 Å². The highest BCUT2D eigenvalue weighted by atomic mass is 19.1. The van der Waals surface area contributed by atoms with Gasteiger partial charge in [-0.2, -0.15) is 9.49 Å². The first-order valence-electron chi connectivity index (χ1n) is 11.2. The van der Waals surface area contributed by atoms with Crippen molar-refractivity contribution in [2.45, 2.75) is 25.8 Å². The van der Waals surface area contributed by atoms with Gasteiger partial charge >= 0.3 is 0 Å². The number of hydrogen-bond donors (Lipinski definition) is 1. The van der Waals surface area contributed by atoms with E-state index in [0.29, 0.717) is 46.8 Å². The number of carbonyl (C=O) groups is 1. The Hall–Kier alpha value is -4.10. The zero-order valence-electron chi connectivity index (χ0n) is 19.3. The topological polar surface area (TPSA) is 86.3 Å². The lowest BCUT2D eigenvalue weighted by atomic mass is 10.1. The van der Waals surface area contributed by atoms with Crippen LogP contribution in [0.15, 0.2) is 36.4 Å². The molecular weight excluding hydrogens is 452 g/mol. The van der Waals surface area contributed by atoms with Crippen LogP contribution in [-0.4, -0.2) is 49.3 Å². The molecule has 3 heterocycles. The van der Waals surface area contributed by atoms with E-state index in [1.165, 1.54) is 19.2 Å². The van der Waals surface area contributed by atoms with Gasteiger partial charge in [0, 0.05) is 37.4 Å². The van der Waals surface area contributed by atoms with Gasteiger partial charge in [-0.05, 0) is 44.0 Å². The van der Waals surface area contributed by atoms with E-state index < -0.39 is 11.8 Å². The van der Waals surface area contributed by atoms with Crippen molar-refractivity contribution in [2.75, 3.05) is 13.1 Å². The van der Waals surface area contributed by atoms with Gasteiger partial charge in [-0.3, -0.25) is 9.36 Å². The number of carbonyl (C=O) groups excluding carboxylic acids is 1. The fourth-order valence-electron chi connectivity index (χ4n) is 4.59. The van der Waals surface area contributed by atoms with E-state index in [-0.39, 0.29) is 23.3 Å². The lowest BCUT2D eigenvalue weighted by molar-refractivity contribution is 0.0702. The number of nitrogens with zero attached hydrogens (tertiary/aromatic N) is 6. The van der Waals surface area contributed by atoms with Crippen LogP contribution in [0.2, 0.25) is 0 Å². The molecule has 178 valence electrons. The van der Waals surface area contributed by atoms with E-state index in [1.54, 1.807) is 40.7 Å². The second kappa shape index (κ2) is 8.60. The fourth-order valence-corrected chi connectivity index (χ4v) is 4.59. The average molecular weight is 476 g/mol. The lowest BCUT2D eigenvalue weighted by Gasteiger charge is -2.30. The van der Waals surface area contributed by atoms with Gasteiger partial charge < -0.3 is 10.6 Å². The van der Waals surface area contributed by atoms with Crippen LogP contribution in [0.1, 0.15) is 29.0 Å². The molecular formula is C25H23F2N7O. The smallest absolute Gasteiger partial charge is 0.274 e. The first-order valence-corrected chi connectivity index (χ1v) is 11.2. The van der Waals surface area contributed by atoms with Crippen LogP contribution in [-0.2, 0) is 7.05 Å². The van der Waals surface area contributed by atoms with Crippen molar-refractivity contribution in [3.63, 3.8) is 0 Å². The Morgan fingerprint density at radius 2 is 2.03 bits per heavy atom. The minimum Gasteiger partial charge on any atom is -0.336 e. The fraction of sp³-hybridized carbons (Fsp3) is 0.280. The molecule has 4 aromatic rings. The summed E-state index contributed by atoms with van der Waals surface area (Å²) in [5, 5.41) is 4.46. The molecule has 0 unspecified atom stereocenters. The van der Waals surface area contributed by atoms with E-state index in [0.717, 1.165) is 17.5 Å². The molecule has 1 atom stereocenters. The Balaban J connectivity index is 1.70. The van der Waals surface area contributed by atoms with E-state index >= 15 is 0 Å². The number of rotatable bonds is 3. The van der Waals surface area contributed by atoms with Gasteiger partial charge in [-0.25, -0.2) is 18.9 Å². The number of amides is 1. The Labute approximate surface area is 200 Å². The van der Waals surface area contributed by atoms with Crippen molar-refractivity contribution in [1.29, 1.82) is 0 Å². The summed E-state index contributed by atoms with van der Waals surface area (Å²) in [4.78, 5) is 22.9. The standard InChI is InChI=1S/C25H23F2N7O/c1-14-22(25(35)33-10-4-5-16(28)13-33)30-24(15-6-8-21(29-2)19(26)11-15)34(14)17-7-9-20-18(12-17)23(27)32(3)31-20/h6-9,11-12,16H,4-5,10,13,28H2,1,3H3/t16-/m1/s1. The van der Waals surface area contributed by atoms with E-state index in [1.807, 2.05) is 0 Å². The zero-order valence-corrected chi connectivity index (χ0v) is 19.3. The number of piperidine rings is 1. The summed E-state index contributed by atoms with van der Waals surface area (Å²) in [5.41, 5.74) is 8.14. The molecule has 0 aliphatic carbocycles. The summed E-state index contributed by atoms with van der Waals surface area (Å²) in [6.07, 6.45) is 1.66. The van der Waals surface area contributed by atoms with Crippen molar-refractivity contribution in [3.8, 4) is 17.1 Å². The molecule has 1 fully saturated rings. The van der Waals surface area contributed by atoms with Gasteiger partial charge in [0.2, 0.25) is 11.6 Å². The van der Waals surface area contributed by atoms with Gasteiger partial charge in [0.1, 0.15) is 17.3 Å². The third kappa shape index (κ3) is 3.84. The Morgan fingerprint density at radius 3 is 2.74 bits per heavy atom. The normalized spacial score (nSPS) is 16.0. The van der Waals surface area contributed by atoms with Crippen LogP contribution >= 0.6 is 0 Å². The molecule has 2 aromatic heterocycles. The van der Waals surface area contributed by atoms with Crippen LogP contribution < -0.4 is 5.73 Å². The Morgan fingerprint density at radius 1 is 1.23 bits per heavy atom. The highest BCUT2D eigenvalue weighted by Crippen LogP contribution is 2.32. The van der Waals surface area contributed by atoms with E-state index in [2.05, 4.69) is 14.9 Å². The maximum absolute atomic E-state index is 14.7. The van der Waals surface area contributed by atoms with Crippen molar-refractivity contribution in [3.05, 3.63) is 71.0 Å². The predicted octanol–water partition coefficient (Wildman–Crippen LogP) is 4.13. The maximum atomic E-state index is 14.7. The highest BCUT2D eigenvalue weighted by molar-refractivity contribution is 5.95. The molecule has 2 N–H and O–H groups in total. The monoisotopic (exact) mass is 475 g/mol. The molecule has 1 aliphatic rings. The summed E-state index contributed by atoms with van der Waals surface area (Å²) in [6.45, 7) is 9.88.